The molecule has 1 aliphatic carbocycles. The molecule has 1 aliphatic rings. The summed E-state index contributed by atoms with van der Waals surface area (Å²) in [5.41, 5.74) is 0. The van der Waals surface area contributed by atoms with Crippen molar-refractivity contribution < 1.29 is 0 Å². The zero-order valence-corrected chi connectivity index (χ0v) is 9.13. The van der Waals surface area contributed by atoms with E-state index in [0.29, 0.717) is 0 Å². The molecule has 0 aliphatic heterocycles. The van der Waals surface area contributed by atoms with E-state index in [1.807, 2.05) is 0 Å². The minimum Gasteiger partial charge on any atom is -0.297 e. The molecule has 0 spiro atoms. The lowest BCUT2D eigenvalue weighted by molar-refractivity contribution is 0.214. The topological polar surface area (TPSA) is 3.24 Å². The fourth-order valence-electron chi connectivity index (χ4n) is 2.12. The molecule has 0 aromatic rings. The van der Waals surface area contributed by atoms with Gasteiger partial charge in [-0.2, -0.15) is 0 Å². The Balaban J connectivity index is 2.41. The fourth-order valence-corrected chi connectivity index (χ4v) is 2.12. The SMILES string of the molecule is CCCN(CCC)C1C=CCCC1. The molecular formula is C12H23N. The maximum atomic E-state index is 2.63. The maximum Gasteiger partial charge on any atom is 0.0278 e. The van der Waals surface area contributed by atoms with Crippen LogP contribution in [0.5, 0.6) is 0 Å². The van der Waals surface area contributed by atoms with Gasteiger partial charge in [0.05, 0.1) is 0 Å². The summed E-state index contributed by atoms with van der Waals surface area (Å²) in [5.74, 6) is 0. The van der Waals surface area contributed by atoms with Crippen molar-refractivity contribution in [1.29, 1.82) is 0 Å². The van der Waals surface area contributed by atoms with Crippen LogP contribution in [0, 0.1) is 0 Å². The van der Waals surface area contributed by atoms with E-state index >= 15 is 0 Å². The minimum atomic E-state index is 0.744. The summed E-state index contributed by atoms with van der Waals surface area (Å²) in [4.78, 5) is 2.63. The summed E-state index contributed by atoms with van der Waals surface area (Å²) in [5, 5.41) is 0. The van der Waals surface area contributed by atoms with Crippen LogP contribution >= 0.6 is 0 Å². The molecule has 76 valence electrons. The summed E-state index contributed by atoms with van der Waals surface area (Å²) in [6, 6.07) is 0.744. The van der Waals surface area contributed by atoms with Gasteiger partial charge in [-0.25, -0.2) is 0 Å². The highest BCUT2D eigenvalue weighted by atomic mass is 15.1. The van der Waals surface area contributed by atoms with Gasteiger partial charge in [0, 0.05) is 6.04 Å². The highest BCUT2D eigenvalue weighted by Gasteiger charge is 2.15. The van der Waals surface area contributed by atoms with Crippen molar-refractivity contribution in [3.63, 3.8) is 0 Å². The standard InChI is InChI=1S/C12H23N/c1-3-10-13(11-4-2)12-8-6-5-7-9-12/h6,8,12H,3-5,7,9-11H2,1-2H3. The highest BCUT2D eigenvalue weighted by Crippen LogP contribution is 2.16. The molecule has 0 fully saturated rings. The van der Waals surface area contributed by atoms with Crippen LogP contribution in [0.2, 0.25) is 0 Å². The van der Waals surface area contributed by atoms with E-state index in [1.165, 1.54) is 45.2 Å². The second-order valence-corrected chi connectivity index (χ2v) is 3.96. The molecule has 0 N–H and O–H groups in total. The summed E-state index contributed by atoms with van der Waals surface area (Å²) < 4.78 is 0. The van der Waals surface area contributed by atoms with Gasteiger partial charge in [0.1, 0.15) is 0 Å². The van der Waals surface area contributed by atoms with Gasteiger partial charge in [-0.1, -0.05) is 26.0 Å². The summed E-state index contributed by atoms with van der Waals surface area (Å²) in [6.45, 7) is 7.08. The molecule has 0 saturated heterocycles. The normalized spacial score (nSPS) is 22.5. The molecule has 1 atom stereocenters. The molecule has 0 amide bonds. The average Bonchev–Trinajstić information content (AvgIpc) is 2.19. The first-order valence-corrected chi connectivity index (χ1v) is 5.79. The van der Waals surface area contributed by atoms with Crippen LogP contribution < -0.4 is 0 Å². The molecule has 0 aromatic heterocycles. The molecular weight excluding hydrogens is 158 g/mol. The van der Waals surface area contributed by atoms with Crippen LogP contribution in [0.1, 0.15) is 46.0 Å². The number of allylic oxidation sites excluding steroid dienone is 1. The van der Waals surface area contributed by atoms with Crippen LogP contribution in [0.3, 0.4) is 0 Å². The Hall–Kier alpha value is -0.300. The smallest absolute Gasteiger partial charge is 0.0278 e. The molecule has 1 rings (SSSR count). The van der Waals surface area contributed by atoms with Crippen molar-refractivity contribution in [2.45, 2.75) is 52.0 Å². The number of hydrogen-bond donors (Lipinski definition) is 0. The van der Waals surface area contributed by atoms with E-state index in [2.05, 4.69) is 30.9 Å². The molecule has 0 saturated carbocycles. The average molecular weight is 181 g/mol. The molecule has 0 heterocycles. The van der Waals surface area contributed by atoms with Gasteiger partial charge >= 0.3 is 0 Å². The Morgan fingerprint density at radius 2 is 1.92 bits per heavy atom. The van der Waals surface area contributed by atoms with Crippen molar-refractivity contribution in [3.05, 3.63) is 12.2 Å². The zero-order valence-electron chi connectivity index (χ0n) is 9.13. The second-order valence-electron chi connectivity index (χ2n) is 3.96. The van der Waals surface area contributed by atoms with Crippen LogP contribution in [0.15, 0.2) is 12.2 Å². The van der Waals surface area contributed by atoms with E-state index in [9.17, 15) is 0 Å². The molecule has 0 bridgehead atoms. The predicted octanol–water partition coefficient (Wildman–Crippen LogP) is 3.22. The quantitative estimate of drug-likeness (QED) is 0.589. The molecule has 1 nitrogen and oxygen atoms in total. The number of nitrogens with zero attached hydrogens (tertiary/aromatic N) is 1. The Morgan fingerprint density at radius 1 is 1.23 bits per heavy atom. The molecule has 13 heavy (non-hydrogen) atoms. The summed E-state index contributed by atoms with van der Waals surface area (Å²) in [7, 11) is 0. The van der Waals surface area contributed by atoms with Crippen molar-refractivity contribution >= 4 is 0 Å². The van der Waals surface area contributed by atoms with Crippen molar-refractivity contribution in [2.75, 3.05) is 13.1 Å². The first-order valence-electron chi connectivity index (χ1n) is 5.79. The number of rotatable bonds is 5. The van der Waals surface area contributed by atoms with Crippen molar-refractivity contribution in [3.8, 4) is 0 Å². The third-order valence-electron chi connectivity index (χ3n) is 2.72. The van der Waals surface area contributed by atoms with Crippen LogP contribution in [-0.4, -0.2) is 24.0 Å². The van der Waals surface area contributed by atoms with Crippen LogP contribution in [-0.2, 0) is 0 Å². The van der Waals surface area contributed by atoms with Gasteiger partial charge in [0.15, 0.2) is 0 Å². The largest absolute Gasteiger partial charge is 0.297 e. The molecule has 0 aromatic carbocycles. The van der Waals surface area contributed by atoms with Gasteiger partial charge in [-0.3, -0.25) is 4.90 Å². The number of hydrogen-bond acceptors (Lipinski definition) is 1. The van der Waals surface area contributed by atoms with Crippen molar-refractivity contribution in [2.24, 2.45) is 0 Å². The summed E-state index contributed by atoms with van der Waals surface area (Å²) >= 11 is 0. The van der Waals surface area contributed by atoms with E-state index in [0.717, 1.165) is 6.04 Å². The van der Waals surface area contributed by atoms with Gasteiger partial charge in [0.2, 0.25) is 0 Å². The van der Waals surface area contributed by atoms with E-state index in [1.54, 1.807) is 0 Å². The van der Waals surface area contributed by atoms with Gasteiger partial charge in [-0.15, -0.1) is 0 Å². The lowest BCUT2D eigenvalue weighted by atomic mass is 10.0. The lowest BCUT2D eigenvalue weighted by Gasteiger charge is -2.30. The highest BCUT2D eigenvalue weighted by molar-refractivity contribution is 4.98. The first kappa shape index (κ1) is 10.8. The monoisotopic (exact) mass is 181 g/mol. The van der Waals surface area contributed by atoms with Gasteiger partial charge in [-0.05, 0) is 45.2 Å². The Kier molecular flexibility index (Phi) is 5.14. The molecule has 1 heteroatoms. The zero-order chi connectivity index (χ0) is 9.52. The first-order chi connectivity index (χ1) is 6.38. The Labute approximate surface area is 82.8 Å². The fraction of sp³-hybridized carbons (Fsp3) is 0.833. The molecule has 0 radical (unpaired) electrons. The van der Waals surface area contributed by atoms with E-state index < -0.39 is 0 Å². The van der Waals surface area contributed by atoms with Crippen LogP contribution in [0.4, 0.5) is 0 Å². The van der Waals surface area contributed by atoms with Crippen LogP contribution in [0.25, 0.3) is 0 Å². The third-order valence-corrected chi connectivity index (χ3v) is 2.72. The predicted molar refractivity (Wildman–Crippen MR) is 58.9 cm³/mol. The van der Waals surface area contributed by atoms with E-state index in [4.69, 9.17) is 0 Å². The maximum absolute atomic E-state index is 2.63. The van der Waals surface area contributed by atoms with Gasteiger partial charge < -0.3 is 0 Å². The van der Waals surface area contributed by atoms with E-state index in [-0.39, 0.29) is 0 Å². The Bertz CT molecular complexity index is 145. The summed E-state index contributed by atoms with van der Waals surface area (Å²) in [6.07, 6.45) is 11.4. The lowest BCUT2D eigenvalue weighted by Crippen LogP contribution is -2.36. The van der Waals surface area contributed by atoms with Crippen molar-refractivity contribution in [1.82, 2.24) is 4.90 Å². The van der Waals surface area contributed by atoms with Gasteiger partial charge in [0.25, 0.3) is 0 Å². The minimum absolute atomic E-state index is 0.744. The molecule has 1 unspecified atom stereocenters. The second kappa shape index (κ2) is 6.20. The third kappa shape index (κ3) is 3.51. The Morgan fingerprint density at radius 3 is 2.38 bits per heavy atom.